The molecule has 5 nitrogen and oxygen atoms in total. The Labute approximate surface area is 134 Å². The molecular weight excluding hydrogens is 294 g/mol. The maximum Gasteiger partial charge on any atom is 0.338 e. The number of hydrogen-bond donors (Lipinski definition) is 1. The van der Waals surface area contributed by atoms with E-state index in [1.165, 1.54) is 0 Å². The summed E-state index contributed by atoms with van der Waals surface area (Å²) in [7, 11) is 0. The van der Waals surface area contributed by atoms with E-state index < -0.39 is 5.97 Å². The summed E-state index contributed by atoms with van der Waals surface area (Å²) >= 11 is 0. The van der Waals surface area contributed by atoms with Crippen molar-refractivity contribution in [2.45, 2.75) is 20.8 Å². The smallest absolute Gasteiger partial charge is 0.338 e. The average molecular weight is 313 g/mol. The topological polar surface area (TPSA) is 68.5 Å². The molecule has 0 unspecified atom stereocenters. The van der Waals surface area contributed by atoms with Gasteiger partial charge in [-0.15, -0.1) is 0 Å². The van der Waals surface area contributed by atoms with E-state index in [1.54, 1.807) is 25.1 Å². The van der Waals surface area contributed by atoms with Crippen LogP contribution in [0.15, 0.2) is 36.4 Å². The van der Waals surface area contributed by atoms with Gasteiger partial charge in [-0.1, -0.05) is 0 Å². The predicted octanol–water partition coefficient (Wildman–Crippen LogP) is 3.37. The summed E-state index contributed by atoms with van der Waals surface area (Å²) in [5.41, 5.74) is 4.17. The lowest BCUT2D eigenvalue weighted by molar-refractivity contribution is -0.131. The Hall–Kier alpha value is -2.82. The van der Waals surface area contributed by atoms with Gasteiger partial charge in [0.05, 0.1) is 12.2 Å². The van der Waals surface area contributed by atoms with Gasteiger partial charge in [0.2, 0.25) is 0 Å². The zero-order chi connectivity index (χ0) is 17.0. The molecule has 0 aliphatic heterocycles. The summed E-state index contributed by atoms with van der Waals surface area (Å²) in [5, 5.41) is 8.75. The first-order chi connectivity index (χ1) is 10.9. The van der Waals surface area contributed by atoms with Gasteiger partial charge >= 0.3 is 11.9 Å². The highest BCUT2D eigenvalue weighted by molar-refractivity contribution is 5.89. The molecule has 23 heavy (non-hydrogen) atoms. The maximum atomic E-state index is 11.7. The number of carbonyl (C=O) groups excluding carboxylic acids is 1. The normalized spacial score (nSPS) is 10.9. The SMILES string of the molecule is CCOC(=O)c1ccc(-n2c(C)cc(C=CC(=O)O)c2C)cc1. The van der Waals surface area contributed by atoms with Gasteiger partial charge < -0.3 is 14.4 Å². The number of aliphatic carboxylic acids is 1. The highest BCUT2D eigenvalue weighted by Crippen LogP contribution is 2.22. The molecule has 0 aliphatic carbocycles. The fraction of sp³-hybridized carbons (Fsp3) is 0.222. The molecule has 0 radical (unpaired) electrons. The molecule has 0 aliphatic rings. The number of aromatic nitrogens is 1. The Bertz CT molecular complexity index is 754. The van der Waals surface area contributed by atoms with Crippen LogP contribution in [0.4, 0.5) is 0 Å². The van der Waals surface area contributed by atoms with Crippen LogP contribution in [0.1, 0.15) is 34.2 Å². The van der Waals surface area contributed by atoms with E-state index in [0.29, 0.717) is 12.2 Å². The van der Waals surface area contributed by atoms with E-state index in [0.717, 1.165) is 28.7 Å². The molecule has 1 aromatic heterocycles. The number of carboxylic acids is 1. The third-order valence-corrected chi connectivity index (χ3v) is 3.51. The van der Waals surface area contributed by atoms with Gasteiger partial charge in [-0.05, 0) is 62.7 Å². The number of carboxylic acid groups (broad SMARTS) is 1. The van der Waals surface area contributed by atoms with Gasteiger partial charge in [0.1, 0.15) is 0 Å². The minimum atomic E-state index is -0.978. The predicted molar refractivity (Wildman–Crippen MR) is 87.9 cm³/mol. The van der Waals surface area contributed by atoms with Crippen molar-refractivity contribution in [3.8, 4) is 5.69 Å². The van der Waals surface area contributed by atoms with Crippen molar-refractivity contribution in [2.24, 2.45) is 0 Å². The van der Waals surface area contributed by atoms with E-state index in [2.05, 4.69) is 0 Å². The molecule has 0 bridgehead atoms. The number of benzene rings is 1. The van der Waals surface area contributed by atoms with E-state index in [4.69, 9.17) is 9.84 Å². The summed E-state index contributed by atoms with van der Waals surface area (Å²) in [6.07, 6.45) is 2.70. The Morgan fingerprint density at radius 1 is 1.22 bits per heavy atom. The largest absolute Gasteiger partial charge is 0.478 e. The van der Waals surface area contributed by atoms with Crippen LogP contribution >= 0.6 is 0 Å². The Kier molecular flexibility index (Phi) is 5.01. The molecule has 0 saturated heterocycles. The van der Waals surface area contributed by atoms with Crippen LogP contribution in [-0.4, -0.2) is 28.2 Å². The molecule has 2 aromatic rings. The third-order valence-electron chi connectivity index (χ3n) is 3.51. The molecule has 0 amide bonds. The van der Waals surface area contributed by atoms with Gasteiger partial charge in [0, 0.05) is 23.2 Å². The van der Waals surface area contributed by atoms with Crippen LogP contribution < -0.4 is 0 Å². The average Bonchev–Trinajstić information content (AvgIpc) is 2.80. The van der Waals surface area contributed by atoms with Crippen LogP contribution in [0.2, 0.25) is 0 Å². The highest BCUT2D eigenvalue weighted by Gasteiger charge is 2.11. The molecule has 5 heteroatoms. The zero-order valence-corrected chi connectivity index (χ0v) is 13.4. The maximum absolute atomic E-state index is 11.7. The molecule has 120 valence electrons. The van der Waals surface area contributed by atoms with Gasteiger partial charge in [0.25, 0.3) is 0 Å². The summed E-state index contributed by atoms with van der Waals surface area (Å²) in [6.45, 7) is 5.98. The van der Waals surface area contributed by atoms with Crippen LogP contribution in [0.3, 0.4) is 0 Å². The molecule has 1 heterocycles. The van der Waals surface area contributed by atoms with Crippen LogP contribution in [-0.2, 0) is 9.53 Å². The number of carbonyl (C=O) groups is 2. The van der Waals surface area contributed by atoms with Gasteiger partial charge in [-0.2, -0.15) is 0 Å². The minimum Gasteiger partial charge on any atom is -0.478 e. The van der Waals surface area contributed by atoms with Crippen LogP contribution in [0, 0.1) is 13.8 Å². The number of rotatable bonds is 5. The molecule has 1 N–H and O–H groups in total. The summed E-state index contributed by atoms with van der Waals surface area (Å²) in [6, 6.07) is 9.06. The number of hydrogen-bond acceptors (Lipinski definition) is 3. The monoisotopic (exact) mass is 313 g/mol. The van der Waals surface area contributed by atoms with Gasteiger partial charge in [0.15, 0.2) is 0 Å². The second-order valence-electron chi connectivity index (χ2n) is 5.10. The first-order valence-electron chi connectivity index (χ1n) is 7.31. The fourth-order valence-electron chi connectivity index (χ4n) is 2.48. The minimum absolute atomic E-state index is 0.343. The summed E-state index contributed by atoms with van der Waals surface area (Å²) in [4.78, 5) is 22.3. The first kappa shape index (κ1) is 16.5. The van der Waals surface area contributed by atoms with Crippen molar-refractivity contribution < 1.29 is 19.4 Å². The molecule has 2 rings (SSSR count). The Balaban J connectivity index is 2.35. The number of nitrogens with zero attached hydrogens (tertiary/aromatic N) is 1. The van der Waals surface area contributed by atoms with E-state index in [-0.39, 0.29) is 5.97 Å². The highest BCUT2D eigenvalue weighted by atomic mass is 16.5. The van der Waals surface area contributed by atoms with Gasteiger partial charge in [-0.25, -0.2) is 9.59 Å². The first-order valence-corrected chi connectivity index (χ1v) is 7.31. The second-order valence-corrected chi connectivity index (χ2v) is 5.10. The van der Waals surface area contributed by atoms with Crippen molar-refractivity contribution in [3.63, 3.8) is 0 Å². The van der Waals surface area contributed by atoms with Crippen molar-refractivity contribution in [2.75, 3.05) is 6.61 Å². The molecule has 1 aromatic carbocycles. The van der Waals surface area contributed by atoms with E-state index >= 15 is 0 Å². The van der Waals surface area contributed by atoms with Crippen molar-refractivity contribution in [1.82, 2.24) is 4.57 Å². The number of esters is 1. The van der Waals surface area contributed by atoms with Crippen molar-refractivity contribution >= 4 is 18.0 Å². The zero-order valence-electron chi connectivity index (χ0n) is 13.4. The molecule has 0 spiro atoms. The molecule has 0 fully saturated rings. The van der Waals surface area contributed by atoms with Crippen molar-refractivity contribution in [3.05, 3.63) is 58.9 Å². The molecule has 0 atom stereocenters. The number of aryl methyl sites for hydroxylation is 1. The molecular formula is C18H19NO4. The van der Waals surface area contributed by atoms with Gasteiger partial charge in [-0.3, -0.25) is 0 Å². The van der Waals surface area contributed by atoms with E-state index in [9.17, 15) is 9.59 Å². The fourth-order valence-corrected chi connectivity index (χ4v) is 2.48. The lowest BCUT2D eigenvalue weighted by Crippen LogP contribution is -2.05. The second kappa shape index (κ2) is 6.96. The standard InChI is InChI=1S/C18H19NO4/c1-4-23-18(22)14-5-8-16(9-6-14)19-12(2)11-15(13(19)3)7-10-17(20)21/h5-11H,4H2,1-3H3,(H,20,21). The lowest BCUT2D eigenvalue weighted by Gasteiger charge is -2.10. The summed E-state index contributed by atoms with van der Waals surface area (Å²) < 4.78 is 6.98. The lowest BCUT2D eigenvalue weighted by atomic mass is 10.2. The quantitative estimate of drug-likeness (QED) is 0.679. The number of ether oxygens (including phenoxy) is 1. The van der Waals surface area contributed by atoms with Crippen LogP contribution in [0.25, 0.3) is 11.8 Å². The van der Waals surface area contributed by atoms with E-state index in [1.807, 2.05) is 36.6 Å². The Morgan fingerprint density at radius 3 is 2.43 bits per heavy atom. The van der Waals surface area contributed by atoms with Crippen LogP contribution in [0.5, 0.6) is 0 Å². The van der Waals surface area contributed by atoms with Crippen molar-refractivity contribution in [1.29, 1.82) is 0 Å². The summed E-state index contributed by atoms with van der Waals surface area (Å²) in [5.74, 6) is -1.32. The Morgan fingerprint density at radius 2 is 1.87 bits per heavy atom. The third kappa shape index (κ3) is 3.69. The molecule has 0 saturated carbocycles.